The van der Waals surface area contributed by atoms with Crippen LogP contribution in [0.25, 0.3) is 5.69 Å². The molecular formula is C19H24N6OS. The van der Waals surface area contributed by atoms with Crippen molar-refractivity contribution in [2.24, 2.45) is 9.98 Å². The number of rotatable bonds is 8. The fourth-order valence-electron chi connectivity index (χ4n) is 2.18. The lowest BCUT2D eigenvalue weighted by Crippen LogP contribution is -2.22. The first kappa shape index (κ1) is 20.6. The molecule has 8 heteroatoms. The van der Waals surface area contributed by atoms with E-state index in [-0.39, 0.29) is 5.56 Å². The van der Waals surface area contributed by atoms with Crippen LogP contribution in [-0.4, -0.2) is 51.8 Å². The lowest BCUT2D eigenvalue weighted by atomic mass is 10.3. The van der Waals surface area contributed by atoms with Crippen molar-refractivity contribution < 1.29 is 0 Å². The van der Waals surface area contributed by atoms with E-state index in [9.17, 15) is 4.79 Å². The number of aliphatic imine (C=N–C) groups is 2. The topological polar surface area (TPSA) is 75.7 Å². The summed E-state index contributed by atoms with van der Waals surface area (Å²) in [4.78, 5) is 32.3. The largest absolute Gasteiger partial charge is 0.360 e. The van der Waals surface area contributed by atoms with Gasteiger partial charge in [-0.25, -0.2) is 15.0 Å². The van der Waals surface area contributed by atoms with E-state index in [1.165, 1.54) is 29.0 Å². The van der Waals surface area contributed by atoms with Crippen LogP contribution in [0, 0.1) is 6.92 Å². The normalized spacial score (nSPS) is 11.4. The molecule has 0 N–H and O–H groups in total. The van der Waals surface area contributed by atoms with Gasteiger partial charge in [-0.2, -0.15) is 0 Å². The van der Waals surface area contributed by atoms with Crippen molar-refractivity contribution in [3.05, 3.63) is 58.8 Å². The minimum Gasteiger partial charge on any atom is -0.360 e. The van der Waals surface area contributed by atoms with E-state index in [4.69, 9.17) is 0 Å². The summed E-state index contributed by atoms with van der Waals surface area (Å²) in [6.45, 7) is 8.60. The molecule has 2 aromatic heterocycles. The van der Waals surface area contributed by atoms with Crippen molar-refractivity contribution in [3.8, 4) is 5.69 Å². The van der Waals surface area contributed by atoms with Gasteiger partial charge in [0.2, 0.25) is 0 Å². The highest BCUT2D eigenvalue weighted by molar-refractivity contribution is 7.98. The molecule has 0 amide bonds. The van der Waals surface area contributed by atoms with Crippen LogP contribution in [0.4, 0.5) is 0 Å². The van der Waals surface area contributed by atoms with Gasteiger partial charge >= 0.3 is 0 Å². The molecule has 2 heterocycles. The Kier molecular flexibility index (Phi) is 7.48. The number of pyridine rings is 1. The fourth-order valence-corrected chi connectivity index (χ4v) is 2.82. The number of hydrogen-bond acceptors (Lipinski definition) is 6. The van der Waals surface area contributed by atoms with Gasteiger partial charge in [0.1, 0.15) is 18.5 Å². The minimum atomic E-state index is -0.113. The summed E-state index contributed by atoms with van der Waals surface area (Å²) in [7, 11) is 1.91. The van der Waals surface area contributed by atoms with E-state index in [1.807, 2.05) is 44.2 Å². The van der Waals surface area contributed by atoms with Crippen LogP contribution >= 0.6 is 11.8 Å². The van der Waals surface area contributed by atoms with Crippen LogP contribution in [0.3, 0.4) is 0 Å². The average molecular weight is 385 g/mol. The first-order valence-corrected chi connectivity index (χ1v) is 9.72. The maximum Gasteiger partial charge on any atom is 0.271 e. The van der Waals surface area contributed by atoms with Crippen LogP contribution in [0.2, 0.25) is 0 Å². The predicted octanol–water partition coefficient (Wildman–Crippen LogP) is 2.72. The van der Waals surface area contributed by atoms with Crippen LogP contribution in [-0.2, 0) is 6.42 Å². The highest BCUT2D eigenvalue weighted by atomic mass is 32.2. The van der Waals surface area contributed by atoms with Crippen molar-refractivity contribution >= 4 is 24.3 Å². The van der Waals surface area contributed by atoms with E-state index in [0.717, 1.165) is 12.2 Å². The molecular weight excluding hydrogens is 360 g/mol. The highest BCUT2D eigenvalue weighted by Crippen LogP contribution is 2.15. The number of nitrogens with zero attached hydrogens (tertiary/aromatic N) is 6. The van der Waals surface area contributed by atoms with E-state index in [0.29, 0.717) is 28.5 Å². The highest BCUT2D eigenvalue weighted by Gasteiger charge is 2.11. The molecule has 0 radical (unpaired) electrons. The maximum atomic E-state index is 12.8. The lowest BCUT2D eigenvalue weighted by Gasteiger charge is -2.14. The monoisotopic (exact) mass is 384 g/mol. The fraction of sp³-hybridized carbons (Fsp3) is 0.316. The number of thioether (sulfide) groups is 1. The molecule has 0 aliphatic carbocycles. The minimum absolute atomic E-state index is 0.113. The predicted molar refractivity (Wildman–Crippen MR) is 112 cm³/mol. The Morgan fingerprint density at radius 1 is 1.41 bits per heavy atom. The first-order chi connectivity index (χ1) is 13.0. The van der Waals surface area contributed by atoms with Crippen LogP contribution in [0.5, 0.6) is 0 Å². The molecule has 0 spiro atoms. The van der Waals surface area contributed by atoms with E-state index in [2.05, 4.69) is 26.5 Å². The summed E-state index contributed by atoms with van der Waals surface area (Å²) in [6.07, 6.45) is 8.64. The van der Waals surface area contributed by atoms with E-state index in [1.54, 1.807) is 12.4 Å². The van der Waals surface area contributed by atoms with Crippen molar-refractivity contribution in [3.63, 3.8) is 0 Å². The van der Waals surface area contributed by atoms with Crippen molar-refractivity contribution in [2.75, 3.05) is 19.8 Å². The molecule has 0 saturated carbocycles. The standard InChI is InChI=1S/C19H24N6OS/c1-6-24(4)15(3)22-12-20-10-9-17-18(27-5)19(26)25(13-23-17)16-8-7-14(2)21-11-16/h7-8,10-13H,3,6,9H2,1-2,4-5H3. The molecule has 2 rings (SSSR count). The molecule has 0 aromatic carbocycles. The molecule has 0 fully saturated rings. The zero-order valence-electron chi connectivity index (χ0n) is 16.1. The van der Waals surface area contributed by atoms with Gasteiger partial charge in [-0.1, -0.05) is 6.58 Å². The summed E-state index contributed by atoms with van der Waals surface area (Å²) in [5.74, 6) is 0.645. The summed E-state index contributed by atoms with van der Waals surface area (Å²) in [6, 6.07) is 3.72. The molecule has 142 valence electrons. The van der Waals surface area contributed by atoms with Gasteiger partial charge in [-0.3, -0.25) is 14.3 Å². The Morgan fingerprint density at radius 3 is 2.81 bits per heavy atom. The van der Waals surface area contributed by atoms with E-state index < -0.39 is 0 Å². The Morgan fingerprint density at radius 2 is 2.19 bits per heavy atom. The van der Waals surface area contributed by atoms with Crippen molar-refractivity contribution in [1.82, 2.24) is 19.4 Å². The molecule has 0 saturated heterocycles. The Bertz CT molecular complexity index is 901. The van der Waals surface area contributed by atoms with Crippen molar-refractivity contribution in [1.29, 1.82) is 0 Å². The van der Waals surface area contributed by atoms with Crippen molar-refractivity contribution in [2.45, 2.75) is 25.2 Å². The van der Waals surface area contributed by atoms with Crippen LogP contribution < -0.4 is 5.56 Å². The van der Waals surface area contributed by atoms with Gasteiger partial charge in [0.25, 0.3) is 5.56 Å². The number of aryl methyl sites for hydroxylation is 1. The molecule has 0 atom stereocenters. The van der Waals surface area contributed by atoms with Gasteiger partial charge < -0.3 is 4.90 Å². The van der Waals surface area contributed by atoms with Gasteiger partial charge in [0.05, 0.1) is 22.5 Å². The molecule has 0 aliphatic heterocycles. The third-order valence-corrected chi connectivity index (χ3v) is 4.78. The summed E-state index contributed by atoms with van der Waals surface area (Å²) in [5, 5.41) is 0. The number of aromatic nitrogens is 3. The average Bonchev–Trinajstić information content (AvgIpc) is 2.68. The first-order valence-electron chi connectivity index (χ1n) is 8.49. The lowest BCUT2D eigenvalue weighted by molar-refractivity contribution is 0.440. The van der Waals surface area contributed by atoms with E-state index >= 15 is 0 Å². The van der Waals surface area contributed by atoms with Gasteiger partial charge in [0, 0.05) is 31.9 Å². The van der Waals surface area contributed by atoms with Gasteiger partial charge in [-0.05, 0) is 32.2 Å². The zero-order chi connectivity index (χ0) is 19.8. The van der Waals surface area contributed by atoms with Gasteiger partial charge in [0.15, 0.2) is 0 Å². The summed E-state index contributed by atoms with van der Waals surface area (Å²) in [5.41, 5.74) is 2.16. The van der Waals surface area contributed by atoms with Crippen LogP contribution in [0.1, 0.15) is 18.3 Å². The maximum absolute atomic E-state index is 12.8. The second-order valence-electron chi connectivity index (χ2n) is 5.77. The summed E-state index contributed by atoms with van der Waals surface area (Å²) >= 11 is 1.38. The number of hydrogen-bond donors (Lipinski definition) is 0. The molecule has 7 nitrogen and oxygen atoms in total. The molecule has 0 aliphatic rings. The Labute approximate surface area is 163 Å². The third-order valence-electron chi connectivity index (χ3n) is 3.96. The second-order valence-corrected chi connectivity index (χ2v) is 6.58. The second kappa shape index (κ2) is 9.82. The molecule has 0 unspecified atom stereocenters. The van der Waals surface area contributed by atoms with Crippen LogP contribution in [0.15, 0.2) is 56.7 Å². The Balaban J connectivity index is 2.16. The van der Waals surface area contributed by atoms with Gasteiger partial charge in [-0.15, -0.1) is 11.8 Å². The summed E-state index contributed by atoms with van der Waals surface area (Å²) < 4.78 is 1.50. The quantitative estimate of drug-likeness (QED) is 0.397. The Hall–Kier alpha value is -2.74. The smallest absolute Gasteiger partial charge is 0.271 e. The molecule has 27 heavy (non-hydrogen) atoms. The zero-order valence-corrected chi connectivity index (χ0v) is 16.9. The molecule has 0 bridgehead atoms. The molecule has 2 aromatic rings. The third kappa shape index (κ3) is 5.37. The SMILES string of the molecule is C=C(N=CN=CCc1ncn(-c2ccc(C)nc2)c(=O)c1SC)N(C)CC.